The number of fused-ring (bicyclic) bond motifs is 4. The molecule has 2 aromatic rings. The fourth-order valence-electron chi connectivity index (χ4n) is 3.99. The van der Waals surface area contributed by atoms with E-state index in [1.54, 1.807) is 14.1 Å². The van der Waals surface area contributed by atoms with Crippen LogP contribution in [0.5, 0.6) is 0 Å². The molecular weight excluding hydrogens is 328 g/mol. The van der Waals surface area contributed by atoms with E-state index < -0.39 is 17.7 Å². The summed E-state index contributed by atoms with van der Waals surface area (Å²) >= 11 is 0. The molecule has 1 heterocycles. The van der Waals surface area contributed by atoms with E-state index in [-0.39, 0.29) is 12.3 Å². The minimum absolute atomic E-state index is 0.133. The summed E-state index contributed by atoms with van der Waals surface area (Å²) in [6.07, 6.45) is 3.80. The number of likely N-dealkylation sites (N-methyl/N-ethyl adjacent to an activating group) is 1. The highest BCUT2D eigenvalue weighted by molar-refractivity contribution is 5.84. The highest BCUT2D eigenvalue weighted by Gasteiger charge is 2.57. The first-order chi connectivity index (χ1) is 12.6. The van der Waals surface area contributed by atoms with Crippen LogP contribution in [0.4, 0.5) is 4.79 Å². The zero-order valence-electron chi connectivity index (χ0n) is 14.7. The number of rotatable bonds is 2. The molecule has 1 fully saturated rings. The largest absolute Gasteiger partial charge is 0.431 e. The molecule has 1 N–H and O–H groups in total. The van der Waals surface area contributed by atoms with Crippen molar-refractivity contribution in [2.45, 2.75) is 18.1 Å². The van der Waals surface area contributed by atoms with Crippen molar-refractivity contribution in [3.8, 4) is 0 Å². The van der Waals surface area contributed by atoms with Crippen molar-refractivity contribution in [2.75, 3.05) is 14.1 Å². The van der Waals surface area contributed by atoms with Gasteiger partial charge in [0.25, 0.3) is 0 Å². The average Bonchev–Trinajstić information content (AvgIpc) is 2.83. The molecule has 0 saturated carbocycles. The normalized spacial score (nSPS) is 19.5. The predicted molar refractivity (Wildman–Crippen MR) is 99.3 cm³/mol. The highest BCUT2D eigenvalue weighted by atomic mass is 16.6. The van der Waals surface area contributed by atoms with Crippen LogP contribution in [-0.2, 0) is 15.1 Å². The molecule has 4 rings (SSSR count). The second-order valence-electron chi connectivity index (χ2n) is 6.62. The van der Waals surface area contributed by atoms with Crippen molar-refractivity contribution < 1.29 is 14.3 Å². The van der Waals surface area contributed by atoms with Gasteiger partial charge in [0.1, 0.15) is 0 Å². The molecule has 0 aromatic heterocycles. The molecule has 1 saturated heterocycles. The smallest absolute Gasteiger partial charge is 0.411 e. The Morgan fingerprint density at radius 3 is 2.15 bits per heavy atom. The molecule has 2 amide bonds. The fourth-order valence-corrected chi connectivity index (χ4v) is 3.99. The average molecular weight is 348 g/mol. The molecule has 5 nitrogen and oxygen atoms in total. The molecule has 2 aromatic carbocycles. The van der Waals surface area contributed by atoms with E-state index in [1.807, 2.05) is 60.7 Å². The SMILES string of the molecule is CNC(=O)C[C@H]1N(C)C(=O)OC12c1ccccc1C=Cc1ccccc12. The number of carbonyl (C=O) groups excluding carboxylic acids is 2. The molecule has 5 heteroatoms. The Balaban J connectivity index is 2.02. The molecule has 2 aliphatic rings. The van der Waals surface area contributed by atoms with Gasteiger partial charge < -0.3 is 15.0 Å². The lowest BCUT2D eigenvalue weighted by atomic mass is 9.76. The number of nitrogens with zero attached hydrogens (tertiary/aromatic N) is 1. The van der Waals surface area contributed by atoms with E-state index in [4.69, 9.17) is 4.74 Å². The topological polar surface area (TPSA) is 58.6 Å². The quantitative estimate of drug-likeness (QED) is 0.908. The zero-order valence-corrected chi connectivity index (χ0v) is 14.7. The Bertz CT molecular complexity index is 869. The number of carbonyl (C=O) groups is 2. The standard InChI is InChI=1S/C21H20N2O3/c1-22-19(24)13-18-21(26-20(25)23(18)2)16-9-5-3-7-14(16)11-12-15-8-4-6-10-17(15)21/h3-12,18H,13H2,1-2H3,(H,22,24)/t18-/m1/s1. The summed E-state index contributed by atoms with van der Waals surface area (Å²) in [6.45, 7) is 0. The maximum atomic E-state index is 12.6. The second kappa shape index (κ2) is 6.02. The molecule has 1 atom stereocenters. The third-order valence-electron chi connectivity index (χ3n) is 5.29. The van der Waals surface area contributed by atoms with Crippen LogP contribution in [0.25, 0.3) is 12.2 Å². The summed E-state index contributed by atoms with van der Waals surface area (Å²) < 4.78 is 6.06. The van der Waals surface area contributed by atoms with Crippen molar-refractivity contribution in [2.24, 2.45) is 0 Å². The van der Waals surface area contributed by atoms with Crippen LogP contribution in [0.3, 0.4) is 0 Å². The first-order valence-corrected chi connectivity index (χ1v) is 8.61. The van der Waals surface area contributed by atoms with Crippen LogP contribution < -0.4 is 5.32 Å². The molecule has 1 aliphatic heterocycles. The second-order valence-corrected chi connectivity index (χ2v) is 6.62. The van der Waals surface area contributed by atoms with Crippen molar-refractivity contribution >= 4 is 24.2 Å². The Morgan fingerprint density at radius 1 is 1.08 bits per heavy atom. The van der Waals surface area contributed by atoms with E-state index in [1.165, 1.54) is 4.90 Å². The van der Waals surface area contributed by atoms with Crippen LogP contribution in [0.2, 0.25) is 0 Å². The summed E-state index contributed by atoms with van der Waals surface area (Å²) in [7, 11) is 3.29. The lowest BCUT2D eigenvalue weighted by Crippen LogP contribution is -2.46. The van der Waals surface area contributed by atoms with E-state index in [9.17, 15) is 9.59 Å². The molecule has 26 heavy (non-hydrogen) atoms. The Kier molecular flexibility index (Phi) is 3.80. The van der Waals surface area contributed by atoms with Crippen LogP contribution in [0, 0.1) is 0 Å². The van der Waals surface area contributed by atoms with E-state index in [0.717, 1.165) is 22.3 Å². The first-order valence-electron chi connectivity index (χ1n) is 8.61. The molecule has 1 aliphatic carbocycles. The third-order valence-corrected chi connectivity index (χ3v) is 5.29. The number of amides is 2. The first kappa shape index (κ1) is 16.4. The minimum atomic E-state index is -1.03. The van der Waals surface area contributed by atoms with Crippen molar-refractivity contribution in [3.05, 3.63) is 70.8 Å². The van der Waals surface area contributed by atoms with Crippen LogP contribution in [0.15, 0.2) is 48.5 Å². The van der Waals surface area contributed by atoms with Gasteiger partial charge in [-0.25, -0.2) is 4.79 Å². The fraction of sp³-hybridized carbons (Fsp3) is 0.238. The summed E-state index contributed by atoms with van der Waals surface area (Å²) in [4.78, 5) is 26.4. The molecule has 1 spiro atoms. The van der Waals surface area contributed by atoms with E-state index in [0.29, 0.717) is 0 Å². The zero-order chi connectivity index (χ0) is 18.3. The van der Waals surface area contributed by atoms with Crippen molar-refractivity contribution in [1.82, 2.24) is 10.2 Å². The number of hydrogen-bond acceptors (Lipinski definition) is 3. The van der Waals surface area contributed by atoms with Gasteiger partial charge in [-0.3, -0.25) is 4.79 Å². The van der Waals surface area contributed by atoms with Crippen molar-refractivity contribution in [1.29, 1.82) is 0 Å². The van der Waals surface area contributed by atoms with Crippen LogP contribution in [-0.4, -0.2) is 37.0 Å². The van der Waals surface area contributed by atoms with E-state index >= 15 is 0 Å². The monoisotopic (exact) mass is 348 g/mol. The minimum Gasteiger partial charge on any atom is -0.431 e. The molecule has 0 unspecified atom stereocenters. The van der Waals surface area contributed by atoms with Gasteiger partial charge in [0, 0.05) is 25.2 Å². The number of hydrogen-bond donors (Lipinski definition) is 1. The molecular formula is C21H20N2O3. The number of ether oxygens (including phenoxy) is 1. The Hall–Kier alpha value is -3.08. The molecule has 0 radical (unpaired) electrons. The van der Waals surface area contributed by atoms with Gasteiger partial charge in [-0.1, -0.05) is 60.7 Å². The Morgan fingerprint density at radius 2 is 1.62 bits per heavy atom. The van der Waals surface area contributed by atoms with Gasteiger partial charge in [0.2, 0.25) is 5.91 Å². The highest BCUT2D eigenvalue weighted by Crippen LogP contribution is 2.49. The number of nitrogens with one attached hydrogen (secondary N) is 1. The van der Waals surface area contributed by atoms with E-state index in [2.05, 4.69) is 5.32 Å². The summed E-state index contributed by atoms with van der Waals surface area (Å²) in [5, 5.41) is 2.66. The van der Waals surface area contributed by atoms with Gasteiger partial charge in [-0.05, 0) is 11.1 Å². The molecule has 0 bridgehead atoms. The van der Waals surface area contributed by atoms with Gasteiger partial charge in [0.05, 0.1) is 12.5 Å². The lowest BCUT2D eigenvalue weighted by Gasteiger charge is -2.36. The van der Waals surface area contributed by atoms with Crippen LogP contribution in [0.1, 0.15) is 28.7 Å². The molecule has 132 valence electrons. The summed E-state index contributed by atoms with van der Waals surface area (Å²) in [5.74, 6) is -0.133. The third kappa shape index (κ3) is 2.24. The van der Waals surface area contributed by atoms with Gasteiger partial charge in [0.15, 0.2) is 5.60 Å². The summed E-state index contributed by atoms with van der Waals surface area (Å²) in [5.41, 5.74) is 2.72. The lowest BCUT2D eigenvalue weighted by molar-refractivity contribution is -0.122. The Labute approximate surface area is 152 Å². The van der Waals surface area contributed by atoms with Gasteiger partial charge in [-0.2, -0.15) is 0 Å². The number of benzene rings is 2. The predicted octanol–water partition coefficient (Wildman–Crippen LogP) is 3.00. The van der Waals surface area contributed by atoms with Crippen LogP contribution >= 0.6 is 0 Å². The van der Waals surface area contributed by atoms with Gasteiger partial charge in [-0.15, -0.1) is 0 Å². The maximum absolute atomic E-state index is 12.6. The van der Waals surface area contributed by atoms with Crippen molar-refractivity contribution in [3.63, 3.8) is 0 Å². The maximum Gasteiger partial charge on any atom is 0.411 e. The summed E-state index contributed by atoms with van der Waals surface area (Å²) in [6, 6.07) is 15.3. The van der Waals surface area contributed by atoms with Gasteiger partial charge >= 0.3 is 6.09 Å².